The standard InChI is InChI=1S/C22H45/c1-4-5-6-7-8-9-10-11-12-13-14-15-16-17-18-19-20-21-22(2)3/h14,22H,4-13,15-21H2,1-3H3. The van der Waals surface area contributed by atoms with E-state index in [1.54, 1.807) is 0 Å². The van der Waals surface area contributed by atoms with E-state index in [9.17, 15) is 0 Å². The maximum atomic E-state index is 2.55. The Morgan fingerprint density at radius 2 is 0.955 bits per heavy atom. The maximum absolute atomic E-state index is 2.55. The van der Waals surface area contributed by atoms with Crippen LogP contribution in [0, 0.1) is 12.3 Å². The van der Waals surface area contributed by atoms with E-state index in [-0.39, 0.29) is 0 Å². The highest BCUT2D eigenvalue weighted by molar-refractivity contribution is 4.64. The Hall–Kier alpha value is 0. The fourth-order valence-electron chi connectivity index (χ4n) is 3.12. The van der Waals surface area contributed by atoms with Gasteiger partial charge in [-0.05, 0) is 12.3 Å². The predicted octanol–water partition coefficient (Wildman–Crippen LogP) is 8.50. The molecule has 22 heavy (non-hydrogen) atoms. The SMILES string of the molecule is CCCCCCCCCCC[CH]CCCCCCCC(C)C. The molecule has 0 aliphatic rings. The van der Waals surface area contributed by atoms with Gasteiger partial charge in [-0.15, -0.1) is 0 Å². The van der Waals surface area contributed by atoms with Gasteiger partial charge in [-0.2, -0.15) is 0 Å². The van der Waals surface area contributed by atoms with Crippen molar-refractivity contribution in [2.45, 2.75) is 130 Å². The van der Waals surface area contributed by atoms with Gasteiger partial charge in [-0.3, -0.25) is 0 Å². The number of rotatable bonds is 18. The molecule has 133 valence electrons. The summed E-state index contributed by atoms with van der Waals surface area (Å²) in [6.07, 6.45) is 27.0. The molecule has 0 N–H and O–H groups in total. The minimum atomic E-state index is 0.893. The molecule has 0 aliphatic carbocycles. The van der Waals surface area contributed by atoms with Gasteiger partial charge < -0.3 is 0 Å². The first-order valence-electron chi connectivity index (χ1n) is 10.6. The van der Waals surface area contributed by atoms with Crippen molar-refractivity contribution < 1.29 is 0 Å². The van der Waals surface area contributed by atoms with Crippen molar-refractivity contribution in [1.29, 1.82) is 0 Å². The molecule has 0 aromatic carbocycles. The first-order chi connectivity index (χ1) is 10.8. The lowest BCUT2D eigenvalue weighted by molar-refractivity contribution is 0.513. The Morgan fingerprint density at radius 1 is 0.545 bits per heavy atom. The number of unbranched alkanes of at least 4 members (excludes halogenated alkanes) is 16. The predicted molar refractivity (Wildman–Crippen MR) is 103 cm³/mol. The molecule has 0 atom stereocenters. The zero-order chi connectivity index (χ0) is 16.3. The molecule has 0 aliphatic heterocycles. The Morgan fingerprint density at radius 3 is 1.41 bits per heavy atom. The summed E-state index contributed by atoms with van der Waals surface area (Å²) >= 11 is 0. The summed E-state index contributed by atoms with van der Waals surface area (Å²) in [6, 6.07) is 0. The molecule has 0 nitrogen and oxygen atoms in total. The summed E-state index contributed by atoms with van der Waals surface area (Å²) < 4.78 is 0. The van der Waals surface area contributed by atoms with Gasteiger partial charge in [0, 0.05) is 0 Å². The summed E-state index contributed by atoms with van der Waals surface area (Å²) in [5.74, 6) is 0.893. The Bertz CT molecular complexity index is 182. The van der Waals surface area contributed by atoms with Crippen LogP contribution in [0.15, 0.2) is 0 Å². The fraction of sp³-hybridized carbons (Fsp3) is 0.955. The highest BCUT2D eigenvalue weighted by Gasteiger charge is 1.96. The van der Waals surface area contributed by atoms with E-state index >= 15 is 0 Å². The molecule has 0 bridgehead atoms. The van der Waals surface area contributed by atoms with Crippen LogP contribution >= 0.6 is 0 Å². The first kappa shape index (κ1) is 22.0. The van der Waals surface area contributed by atoms with E-state index in [0.717, 1.165) is 5.92 Å². The molecule has 0 saturated carbocycles. The van der Waals surface area contributed by atoms with Crippen LogP contribution in [0.25, 0.3) is 0 Å². The van der Waals surface area contributed by atoms with Gasteiger partial charge in [0.1, 0.15) is 0 Å². The molecule has 0 spiro atoms. The van der Waals surface area contributed by atoms with Gasteiger partial charge in [0.15, 0.2) is 0 Å². The topological polar surface area (TPSA) is 0 Å². The average molecular weight is 310 g/mol. The summed E-state index contributed by atoms with van der Waals surface area (Å²) in [6.45, 7) is 6.96. The number of hydrogen-bond donors (Lipinski definition) is 0. The lowest BCUT2D eigenvalue weighted by atomic mass is 10.0. The van der Waals surface area contributed by atoms with Crippen LogP contribution in [0.4, 0.5) is 0 Å². The third kappa shape index (κ3) is 20.0. The molecule has 0 amide bonds. The van der Waals surface area contributed by atoms with Crippen LogP contribution in [0.5, 0.6) is 0 Å². The largest absolute Gasteiger partial charge is 0.0654 e. The summed E-state index contributed by atoms with van der Waals surface area (Å²) in [5, 5.41) is 0. The minimum Gasteiger partial charge on any atom is -0.0654 e. The van der Waals surface area contributed by atoms with Gasteiger partial charge in [-0.25, -0.2) is 0 Å². The molecule has 0 aromatic heterocycles. The molecule has 1 radical (unpaired) electrons. The van der Waals surface area contributed by atoms with Crippen molar-refractivity contribution in [3.63, 3.8) is 0 Å². The lowest BCUT2D eigenvalue weighted by Gasteiger charge is -2.05. The van der Waals surface area contributed by atoms with Gasteiger partial charge in [-0.1, -0.05) is 130 Å². The quantitative estimate of drug-likeness (QED) is 0.223. The Kier molecular flexibility index (Phi) is 19.0. The van der Waals surface area contributed by atoms with Gasteiger partial charge in [0.05, 0.1) is 0 Å². The molecule has 0 aromatic rings. The molecular formula is C22H45. The highest BCUT2D eigenvalue weighted by Crippen LogP contribution is 2.14. The van der Waals surface area contributed by atoms with Crippen LogP contribution in [0.1, 0.15) is 130 Å². The zero-order valence-electron chi connectivity index (χ0n) is 16.2. The van der Waals surface area contributed by atoms with Crippen molar-refractivity contribution in [1.82, 2.24) is 0 Å². The van der Waals surface area contributed by atoms with Crippen molar-refractivity contribution in [2.24, 2.45) is 5.92 Å². The molecule has 0 saturated heterocycles. The van der Waals surface area contributed by atoms with Gasteiger partial charge in [0.2, 0.25) is 0 Å². The smallest absolute Gasteiger partial charge is 0.0386 e. The molecule has 0 unspecified atom stereocenters. The Balaban J connectivity index is 2.94. The third-order valence-corrected chi connectivity index (χ3v) is 4.70. The van der Waals surface area contributed by atoms with Crippen LogP contribution in [-0.4, -0.2) is 0 Å². The highest BCUT2D eigenvalue weighted by atomic mass is 14.0. The van der Waals surface area contributed by atoms with Crippen molar-refractivity contribution in [2.75, 3.05) is 0 Å². The lowest BCUT2D eigenvalue weighted by Crippen LogP contribution is -1.87. The number of hydrogen-bond acceptors (Lipinski definition) is 0. The molecule has 0 heteroatoms. The second-order valence-corrected chi connectivity index (χ2v) is 7.64. The van der Waals surface area contributed by atoms with E-state index < -0.39 is 0 Å². The van der Waals surface area contributed by atoms with Crippen molar-refractivity contribution in [3.8, 4) is 0 Å². The molecular weight excluding hydrogens is 264 g/mol. The summed E-state index contributed by atoms with van der Waals surface area (Å²) in [4.78, 5) is 0. The third-order valence-electron chi connectivity index (χ3n) is 4.70. The summed E-state index contributed by atoms with van der Waals surface area (Å²) in [7, 11) is 0. The molecule has 0 rings (SSSR count). The van der Waals surface area contributed by atoms with Gasteiger partial charge in [0.25, 0.3) is 0 Å². The van der Waals surface area contributed by atoms with E-state index in [0.29, 0.717) is 0 Å². The fourth-order valence-corrected chi connectivity index (χ4v) is 3.12. The minimum absolute atomic E-state index is 0.893. The van der Waals surface area contributed by atoms with Crippen molar-refractivity contribution in [3.05, 3.63) is 6.42 Å². The first-order valence-corrected chi connectivity index (χ1v) is 10.6. The second-order valence-electron chi connectivity index (χ2n) is 7.64. The molecule has 0 heterocycles. The molecule has 0 fully saturated rings. The van der Waals surface area contributed by atoms with Crippen LogP contribution < -0.4 is 0 Å². The average Bonchev–Trinajstić information content (AvgIpc) is 2.50. The monoisotopic (exact) mass is 309 g/mol. The Labute approximate surface area is 142 Å². The van der Waals surface area contributed by atoms with Gasteiger partial charge >= 0.3 is 0 Å². The second kappa shape index (κ2) is 19.0. The maximum Gasteiger partial charge on any atom is -0.0386 e. The van der Waals surface area contributed by atoms with E-state index in [1.165, 1.54) is 109 Å². The van der Waals surface area contributed by atoms with E-state index in [1.807, 2.05) is 0 Å². The van der Waals surface area contributed by atoms with Crippen LogP contribution in [0.2, 0.25) is 0 Å². The zero-order valence-corrected chi connectivity index (χ0v) is 16.2. The van der Waals surface area contributed by atoms with Crippen molar-refractivity contribution >= 4 is 0 Å². The van der Waals surface area contributed by atoms with Crippen LogP contribution in [0.3, 0.4) is 0 Å². The van der Waals surface area contributed by atoms with E-state index in [4.69, 9.17) is 0 Å². The normalized spacial score (nSPS) is 11.5. The summed E-state index contributed by atoms with van der Waals surface area (Å²) in [5.41, 5.74) is 0. The van der Waals surface area contributed by atoms with E-state index in [2.05, 4.69) is 27.2 Å². The van der Waals surface area contributed by atoms with Crippen LogP contribution in [-0.2, 0) is 0 Å².